The third-order valence-electron chi connectivity index (χ3n) is 4.47. The van der Waals surface area contributed by atoms with Crippen molar-refractivity contribution in [3.8, 4) is 0 Å². The van der Waals surface area contributed by atoms with Crippen molar-refractivity contribution in [3.63, 3.8) is 0 Å². The third-order valence-corrected chi connectivity index (χ3v) is 4.85. The lowest BCUT2D eigenvalue weighted by Gasteiger charge is -2.06. The number of rotatable bonds is 7. The molecule has 1 saturated carbocycles. The zero-order valence-electron chi connectivity index (χ0n) is 15.0. The van der Waals surface area contributed by atoms with E-state index in [9.17, 15) is 18.0 Å². The molecule has 3 aromatic rings. The van der Waals surface area contributed by atoms with Crippen LogP contribution in [0.5, 0.6) is 0 Å². The Balaban J connectivity index is 1.42. The molecule has 1 fully saturated rings. The Bertz CT molecular complexity index is 1030. The highest BCUT2D eigenvalue weighted by molar-refractivity contribution is 6.32. The number of nitrogens with zero attached hydrogens (tertiary/aromatic N) is 5. The van der Waals surface area contributed by atoms with Crippen molar-refractivity contribution in [3.05, 3.63) is 58.4 Å². The lowest BCUT2D eigenvalue weighted by atomic mass is 10.2. The maximum atomic E-state index is 13.1. The van der Waals surface area contributed by atoms with E-state index in [2.05, 4.69) is 20.5 Å². The number of alkyl halides is 2. The summed E-state index contributed by atoms with van der Waals surface area (Å²) < 4.78 is 41.9. The highest BCUT2D eigenvalue weighted by atomic mass is 35.5. The van der Waals surface area contributed by atoms with E-state index in [1.807, 2.05) is 0 Å². The van der Waals surface area contributed by atoms with Crippen molar-refractivity contribution < 1.29 is 18.0 Å². The van der Waals surface area contributed by atoms with Gasteiger partial charge in [0.15, 0.2) is 0 Å². The zero-order chi connectivity index (χ0) is 20.5. The largest absolute Gasteiger partial charge is 0.292 e. The van der Waals surface area contributed by atoms with Crippen molar-refractivity contribution in [1.82, 2.24) is 24.5 Å². The fourth-order valence-electron chi connectivity index (χ4n) is 2.98. The van der Waals surface area contributed by atoms with Crippen molar-refractivity contribution in [2.45, 2.75) is 38.3 Å². The molecule has 0 aliphatic heterocycles. The van der Waals surface area contributed by atoms with Gasteiger partial charge in [-0.1, -0.05) is 23.7 Å². The summed E-state index contributed by atoms with van der Waals surface area (Å²) in [7, 11) is 0. The Morgan fingerprint density at radius 3 is 2.62 bits per heavy atom. The predicted molar refractivity (Wildman–Crippen MR) is 98.3 cm³/mol. The summed E-state index contributed by atoms with van der Waals surface area (Å²) in [5.41, 5.74) is 0.768. The lowest BCUT2D eigenvalue weighted by molar-refractivity contribution is -0.117. The van der Waals surface area contributed by atoms with Crippen LogP contribution >= 0.6 is 11.6 Å². The standard InChI is InChI=1S/C18H16ClF3N6O/c19-14-15(17(21)22)25-28(16(14)11-3-4-11)8-13(29)24-18-23-9-27(26-18)7-10-1-5-12(20)6-2-10/h1-2,5-6,9,11,17H,3-4,7-8H2,(H,24,26,29). The van der Waals surface area contributed by atoms with Crippen LogP contribution in [0.3, 0.4) is 0 Å². The summed E-state index contributed by atoms with van der Waals surface area (Å²) in [6.45, 7) is 0.0757. The number of hydrogen-bond acceptors (Lipinski definition) is 4. The molecule has 1 aromatic carbocycles. The van der Waals surface area contributed by atoms with Gasteiger partial charge in [-0.15, -0.1) is 5.10 Å². The number of amides is 1. The topological polar surface area (TPSA) is 77.6 Å². The Morgan fingerprint density at radius 1 is 1.24 bits per heavy atom. The molecule has 4 rings (SSSR count). The fourth-order valence-corrected chi connectivity index (χ4v) is 3.36. The number of hydrogen-bond donors (Lipinski definition) is 1. The molecule has 11 heteroatoms. The summed E-state index contributed by atoms with van der Waals surface area (Å²) in [4.78, 5) is 16.3. The Morgan fingerprint density at radius 2 is 1.97 bits per heavy atom. The first kappa shape index (κ1) is 19.4. The molecular weight excluding hydrogens is 409 g/mol. The van der Waals surface area contributed by atoms with Crippen LogP contribution in [0.1, 0.15) is 42.1 Å². The van der Waals surface area contributed by atoms with Crippen LogP contribution in [-0.4, -0.2) is 30.5 Å². The third kappa shape index (κ3) is 4.42. The van der Waals surface area contributed by atoms with Gasteiger partial charge in [0.1, 0.15) is 24.4 Å². The first-order valence-corrected chi connectivity index (χ1v) is 9.26. The van der Waals surface area contributed by atoms with E-state index in [1.165, 1.54) is 27.8 Å². The van der Waals surface area contributed by atoms with E-state index in [0.29, 0.717) is 12.2 Å². The Labute approximate surface area is 168 Å². The Hall–Kier alpha value is -2.88. The summed E-state index contributed by atoms with van der Waals surface area (Å²) in [6.07, 6.45) is 0.262. The summed E-state index contributed by atoms with van der Waals surface area (Å²) in [6, 6.07) is 5.93. The quantitative estimate of drug-likeness (QED) is 0.626. The van der Waals surface area contributed by atoms with Crippen molar-refractivity contribution in [2.24, 2.45) is 0 Å². The molecule has 29 heavy (non-hydrogen) atoms. The molecule has 0 radical (unpaired) electrons. The number of carbonyl (C=O) groups is 1. The first-order valence-electron chi connectivity index (χ1n) is 8.88. The van der Waals surface area contributed by atoms with Crippen LogP contribution in [-0.2, 0) is 17.9 Å². The maximum absolute atomic E-state index is 13.1. The van der Waals surface area contributed by atoms with Gasteiger partial charge in [0.2, 0.25) is 11.9 Å². The summed E-state index contributed by atoms with van der Waals surface area (Å²) >= 11 is 6.05. The molecule has 7 nitrogen and oxygen atoms in total. The molecule has 1 amide bonds. The lowest BCUT2D eigenvalue weighted by Crippen LogP contribution is -2.21. The number of benzene rings is 1. The average Bonchev–Trinajstić information content (AvgIpc) is 3.32. The number of anilines is 1. The van der Waals surface area contributed by atoms with Crippen LogP contribution in [0.4, 0.5) is 19.1 Å². The first-order chi connectivity index (χ1) is 13.9. The molecule has 1 N–H and O–H groups in total. The molecular formula is C18H16ClF3N6O. The minimum absolute atomic E-state index is 0.0448. The fraction of sp³-hybridized carbons (Fsp3) is 0.333. The van der Waals surface area contributed by atoms with Crippen molar-refractivity contribution in [2.75, 3.05) is 5.32 Å². The average molecular weight is 425 g/mol. The van der Waals surface area contributed by atoms with Crippen LogP contribution in [0.25, 0.3) is 0 Å². The molecule has 1 aliphatic rings. The van der Waals surface area contributed by atoms with E-state index in [-0.39, 0.29) is 29.3 Å². The highest BCUT2D eigenvalue weighted by Crippen LogP contribution is 2.45. The van der Waals surface area contributed by atoms with E-state index in [1.54, 1.807) is 12.1 Å². The monoisotopic (exact) mass is 424 g/mol. The number of aromatic nitrogens is 5. The van der Waals surface area contributed by atoms with E-state index in [0.717, 1.165) is 18.4 Å². The SMILES string of the molecule is O=C(Cn1nc(C(F)F)c(Cl)c1C1CC1)Nc1ncn(Cc2ccc(F)cc2)n1. The van der Waals surface area contributed by atoms with Gasteiger partial charge >= 0.3 is 0 Å². The van der Waals surface area contributed by atoms with E-state index >= 15 is 0 Å². The van der Waals surface area contributed by atoms with Crippen LogP contribution in [0, 0.1) is 5.82 Å². The second-order valence-electron chi connectivity index (χ2n) is 6.76. The summed E-state index contributed by atoms with van der Waals surface area (Å²) in [5, 5.41) is 10.4. The molecule has 1 aliphatic carbocycles. The second-order valence-corrected chi connectivity index (χ2v) is 7.14. The van der Waals surface area contributed by atoms with Gasteiger partial charge in [-0.05, 0) is 30.5 Å². The molecule has 0 unspecified atom stereocenters. The number of halogens is 4. The van der Waals surface area contributed by atoms with Gasteiger partial charge in [-0.3, -0.25) is 14.8 Å². The van der Waals surface area contributed by atoms with Gasteiger partial charge in [-0.2, -0.15) is 5.10 Å². The van der Waals surface area contributed by atoms with E-state index < -0.39 is 18.0 Å². The minimum atomic E-state index is -2.81. The van der Waals surface area contributed by atoms with Gasteiger partial charge in [-0.25, -0.2) is 22.8 Å². The molecule has 2 aromatic heterocycles. The maximum Gasteiger partial charge on any atom is 0.283 e. The minimum Gasteiger partial charge on any atom is -0.292 e. The van der Waals surface area contributed by atoms with Crippen LogP contribution in [0.2, 0.25) is 5.02 Å². The van der Waals surface area contributed by atoms with Crippen LogP contribution < -0.4 is 5.32 Å². The molecule has 152 valence electrons. The van der Waals surface area contributed by atoms with Gasteiger partial charge in [0, 0.05) is 5.92 Å². The molecule has 2 heterocycles. The Kier molecular flexibility index (Phi) is 5.27. The van der Waals surface area contributed by atoms with Gasteiger partial charge in [0.25, 0.3) is 6.43 Å². The van der Waals surface area contributed by atoms with Crippen molar-refractivity contribution >= 4 is 23.5 Å². The van der Waals surface area contributed by atoms with Crippen molar-refractivity contribution in [1.29, 1.82) is 0 Å². The summed E-state index contributed by atoms with van der Waals surface area (Å²) in [5.74, 6) is -0.730. The number of nitrogens with one attached hydrogen (secondary N) is 1. The predicted octanol–water partition coefficient (Wildman–Crippen LogP) is 3.77. The number of carbonyl (C=O) groups excluding carboxylic acids is 1. The van der Waals surface area contributed by atoms with Gasteiger partial charge < -0.3 is 0 Å². The van der Waals surface area contributed by atoms with Gasteiger partial charge in [0.05, 0.1) is 17.3 Å². The van der Waals surface area contributed by atoms with Crippen LogP contribution in [0.15, 0.2) is 30.6 Å². The normalized spacial score (nSPS) is 13.8. The molecule has 0 spiro atoms. The zero-order valence-corrected chi connectivity index (χ0v) is 15.8. The molecule has 0 atom stereocenters. The second kappa shape index (κ2) is 7.86. The smallest absolute Gasteiger partial charge is 0.283 e. The molecule has 0 bridgehead atoms. The van der Waals surface area contributed by atoms with E-state index in [4.69, 9.17) is 11.6 Å². The highest BCUT2D eigenvalue weighted by Gasteiger charge is 2.34. The molecule has 0 saturated heterocycles.